The van der Waals surface area contributed by atoms with Crippen molar-refractivity contribution in [1.82, 2.24) is 15.1 Å². The molecule has 4 nitrogen and oxygen atoms in total. The molecule has 0 saturated carbocycles. The fraction of sp³-hybridized carbons (Fsp3) is 0.444. The van der Waals surface area contributed by atoms with E-state index in [1.807, 2.05) is 13.0 Å². The van der Waals surface area contributed by atoms with Crippen LogP contribution < -0.4 is 5.32 Å². The van der Waals surface area contributed by atoms with Gasteiger partial charge in [0.25, 0.3) is 5.91 Å². The van der Waals surface area contributed by atoms with Gasteiger partial charge in [0.2, 0.25) is 0 Å². The quantitative estimate of drug-likeness (QED) is 0.939. The summed E-state index contributed by atoms with van der Waals surface area (Å²) in [6, 6.07) is 10.2. The molecule has 4 heteroatoms. The Morgan fingerprint density at radius 2 is 1.86 bits per heavy atom. The summed E-state index contributed by atoms with van der Waals surface area (Å²) in [4.78, 5) is 12.1. The number of nitrogens with one attached hydrogen (secondary N) is 1. The molecule has 0 atom stereocenters. The van der Waals surface area contributed by atoms with Gasteiger partial charge >= 0.3 is 0 Å². The molecule has 1 aromatic carbocycles. The van der Waals surface area contributed by atoms with E-state index in [0.29, 0.717) is 12.2 Å². The highest BCUT2D eigenvalue weighted by atomic mass is 16.2. The van der Waals surface area contributed by atoms with Gasteiger partial charge in [-0.15, -0.1) is 0 Å². The summed E-state index contributed by atoms with van der Waals surface area (Å²) < 4.78 is 1.64. The first kappa shape index (κ1) is 16.3. The molecule has 0 aliphatic rings. The van der Waals surface area contributed by atoms with Crippen molar-refractivity contribution in [3.63, 3.8) is 0 Å². The topological polar surface area (TPSA) is 46.9 Å². The fourth-order valence-electron chi connectivity index (χ4n) is 2.29. The second-order valence-electron chi connectivity index (χ2n) is 6.62. The van der Waals surface area contributed by atoms with E-state index in [1.54, 1.807) is 11.7 Å². The van der Waals surface area contributed by atoms with E-state index >= 15 is 0 Å². The zero-order valence-electron chi connectivity index (χ0n) is 14.1. The molecule has 0 radical (unpaired) electrons. The van der Waals surface area contributed by atoms with Gasteiger partial charge in [0.05, 0.1) is 5.69 Å². The number of hydrogen-bond donors (Lipinski definition) is 1. The Bertz CT molecular complexity index is 648. The first-order valence-corrected chi connectivity index (χ1v) is 7.76. The van der Waals surface area contributed by atoms with Crippen molar-refractivity contribution in [2.75, 3.05) is 6.54 Å². The van der Waals surface area contributed by atoms with Gasteiger partial charge in [-0.25, -0.2) is 0 Å². The van der Waals surface area contributed by atoms with Crippen LogP contribution in [-0.4, -0.2) is 22.2 Å². The first-order chi connectivity index (χ1) is 10.3. The zero-order valence-corrected chi connectivity index (χ0v) is 14.1. The van der Waals surface area contributed by atoms with E-state index in [-0.39, 0.29) is 11.3 Å². The highest BCUT2D eigenvalue weighted by Gasteiger charge is 2.16. The van der Waals surface area contributed by atoms with E-state index in [0.717, 1.165) is 17.7 Å². The second kappa shape index (κ2) is 6.34. The summed E-state index contributed by atoms with van der Waals surface area (Å²) in [7, 11) is 1.80. The summed E-state index contributed by atoms with van der Waals surface area (Å²) in [6.07, 6.45) is 0.921. The van der Waals surface area contributed by atoms with Crippen molar-refractivity contribution in [3.8, 4) is 11.3 Å². The van der Waals surface area contributed by atoms with Crippen LogP contribution in [0.15, 0.2) is 30.3 Å². The van der Waals surface area contributed by atoms with E-state index < -0.39 is 0 Å². The molecule has 0 unspecified atom stereocenters. The number of hydrogen-bond acceptors (Lipinski definition) is 2. The third-order valence-corrected chi connectivity index (χ3v) is 3.69. The van der Waals surface area contributed by atoms with Crippen LogP contribution in [0.25, 0.3) is 11.3 Å². The minimum Gasteiger partial charge on any atom is -0.351 e. The number of aryl methyl sites for hydroxylation is 1. The molecule has 0 aliphatic heterocycles. The van der Waals surface area contributed by atoms with E-state index in [4.69, 9.17) is 0 Å². The lowest BCUT2D eigenvalue weighted by atomic mass is 9.86. The average molecular weight is 299 g/mol. The largest absolute Gasteiger partial charge is 0.351 e. The number of aromatic nitrogens is 2. The minimum absolute atomic E-state index is 0.0746. The highest BCUT2D eigenvalue weighted by Crippen LogP contribution is 2.25. The predicted molar refractivity (Wildman–Crippen MR) is 90.0 cm³/mol. The maximum atomic E-state index is 12.1. The molecule has 0 aliphatic carbocycles. The van der Waals surface area contributed by atoms with Gasteiger partial charge in [-0.1, -0.05) is 52.0 Å². The molecule has 1 N–H and O–H groups in total. The van der Waals surface area contributed by atoms with Crippen molar-refractivity contribution >= 4 is 5.91 Å². The van der Waals surface area contributed by atoms with Crippen molar-refractivity contribution in [2.24, 2.45) is 7.05 Å². The Hall–Kier alpha value is -2.10. The maximum absolute atomic E-state index is 12.1. The van der Waals surface area contributed by atoms with Gasteiger partial charge in [-0.05, 0) is 23.5 Å². The SMILES string of the molecule is CCCNC(=O)c1cc(-c2ccc(C(C)(C)C)cc2)nn1C. The van der Waals surface area contributed by atoms with E-state index in [9.17, 15) is 4.79 Å². The van der Waals surface area contributed by atoms with Gasteiger partial charge < -0.3 is 5.32 Å². The van der Waals surface area contributed by atoms with Crippen LogP contribution in [0.1, 0.15) is 50.2 Å². The van der Waals surface area contributed by atoms with Crippen LogP contribution >= 0.6 is 0 Å². The molecule has 2 rings (SSSR count). The third kappa shape index (κ3) is 3.56. The number of carbonyl (C=O) groups excluding carboxylic acids is 1. The summed E-state index contributed by atoms with van der Waals surface area (Å²) in [5, 5.41) is 7.34. The van der Waals surface area contributed by atoms with Crippen LogP contribution in [0.5, 0.6) is 0 Å². The molecule has 22 heavy (non-hydrogen) atoms. The fourth-order valence-corrected chi connectivity index (χ4v) is 2.29. The number of rotatable bonds is 4. The Morgan fingerprint density at radius 3 is 2.41 bits per heavy atom. The summed E-state index contributed by atoms with van der Waals surface area (Å²) in [5.41, 5.74) is 3.85. The van der Waals surface area contributed by atoms with Crippen LogP contribution in [-0.2, 0) is 12.5 Å². The number of carbonyl (C=O) groups is 1. The Labute approximate surface area is 132 Å². The number of benzene rings is 1. The van der Waals surface area contributed by atoms with Gasteiger partial charge in [0.1, 0.15) is 5.69 Å². The van der Waals surface area contributed by atoms with Gasteiger partial charge in [-0.2, -0.15) is 5.10 Å². The molecule has 0 bridgehead atoms. The summed E-state index contributed by atoms with van der Waals surface area (Å²) >= 11 is 0. The zero-order chi connectivity index (χ0) is 16.3. The third-order valence-electron chi connectivity index (χ3n) is 3.69. The van der Waals surface area contributed by atoms with Crippen LogP contribution in [0.2, 0.25) is 0 Å². The molecule has 118 valence electrons. The monoisotopic (exact) mass is 299 g/mol. The molecule has 0 fully saturated rings. The predicted octanol–water partition coefficient (Wildman–Crippen LogP) is 3.52. The van der Waals surface area contributed by atoms with Gasteiger partial charge in [-0.3, -0.25) is 9.48 Å². The number of amides is 1. The minimum atomic E-state index is -0.0746. The van der Waals surface area contributed by atoms with Crippen molar-refractivity contribution in [2.45, 2.75) is 39.5 Å². The summed E-state index contributed by atoms with van der Waals surface area (Å²) in [6.45, 7) is 9.29. The van der Waals surface area contributed by atoms with Crippen LogP contribution in [0.3, 0.4) is 0 Å². The van der Waals surface area contributed by atoms with Crippen molar-refractivity contribution < 1.29 is 4.79 Å². The highest BCUT2D eigenvalue weighted by molar-refractivity contribution is 5.93. The molecule has 1 aromatic heterocycles. The van der Waals surface area contributed by atoms with Crippen molar-refractivity contribution in [3.05, 3.63) is 41.6 Å². The molecule has 1 amide bonds. The Balaban J connectivity index is 2.25. The normalized spacial score (nSPS) is 11.5. The smallest absolute Gasteiger partial charge is 0.269 e. The standard InChI is InChI=1S/C18H25N3O/c1-6-11-19-17(22)16-12-15(20-21(16)5)13-7-9-14(10-8-13)18(2,3)4/h7-10,12H,6,11H2,1-5H3,(H,19,22). The average Bonchev–Trinajstić information content (AvgIpc) is 2.86. The molecule has 2 aromatic rings. The van der Waals surface area contributed by atoms with E-state index in [2.05, 4.69) is 55.5 Å². The second-order valence-corrected chi connectivity index (χ2v) is 6.62. The lowest BCUT2D eigenvalue weighted by molar-refractivity contribution is 0.0944. The summed E-state index contributed by atoms with van der Waals surface area (Å²) in [5.74, 6) is -0.0746. The lowest BCUT2D eigenvalue weighted by Gasteiger charge is -2.18. The Morgan fingerprint density at radius 1 is 1.23 bits per heavy atom. The molecule has 0 spiro atoms. The van der Waals surface area contributed by atoms with Crippen LogP contribution in [0, 0.1) is 0 Å². The molecular formula is C18H25N3O. The first-order valence-electron chi connectivity index (χ1n) is 7.76. The van der Waals surface area contributed by atoms with Crippen molar-refractivity contribution in [1.29, 1.82) is 0 Å². The molecule has 1 heterocycles. The molecular weight excluding hydrogens is 274 g/mol. The maximum Gasteiger partial charge on any atom is 0.269 e. The van der Waals surface area contributed by atoms with E-state index in [1.165, 1.54) is 5.56 Å². The van der Waals surface area contributed by atoms with Gasteiger partial charge in [0.15, 0.2) is 0 Å². The molecule has 0 saturated heterocycles. The van der Waals surface area contributed by atoms with Gasteiger partial charge in [0, 0.05) is 19.2 Å². The number of nitrogens with zero attached hydrogens (tertiary/aromatic N) is 2. The lowest BCUT2D eigenvalue weighted by Crippen LogP contribution is -2.26. The van der Waals surface area contributed by atoms with Crippen LogP contribution in [0.4, 0.5) is 0 Å². The Kier molecular flexibility index (Phi) is 4.69.